The highest BCUT2D eigenvalue weighted by Gasteiger charge is 2.33. The van der Waals surface area contributed by atoms with Crippen LogP contribution >= 0.6 is 11.6 Å². The first-order valence-electron chi connectivity index (χ1n) is 7.18. The van der Waals surface area contributed by atoms with Gasteiger partial charge in [0.1, 0.15) is 18.3 Å². The molecule has 1 aliphatic rings. The van der Waals surface area contributed by atoms with Crippen LogP contribution in [0.5, 0.6) is 11.5 Å². The summed E-state index contributed by atoms with van der Waals surface area (Å²) in [6.45, 7) is 0.329. The lowest BCUT2D eigenvalue weighted by atomic mass is 9.89. The summed E-state index contributed by atoms with van der Waals surface area (Å²) in [6, 6.07) is 13.4. The Morgan fingerprint density at radius 3 is 2.73 bits per heavy atom. The summed E-state index contributed by atoms with van der Waals surface area (Å²) in [7, 11) is 1.89. The molecule has 5 heteroatoms. The van der Waals surface area contributed by atoms with E-state index in [4.69, 9.17) is 21.1 Å². The van der Waals surface area contributed by atoms with E-state index in [1.54, 1.807) is 6.07 Å². The lowest BCUT2D eigenvalue weighted by Gasteiger charge is -2.26. The summed E-state index contributed by atoms with van der Waals surface area (Å²) >= 11 is 6.14. The number of ether oxygens (including phenoxy) is 2. The van der Waals surface area contributed by atoms with Crippen molar-refractivity contribution >= 4 is 11.6 Å². The fraction of sp³-hybridized carbons (Fsp3) is 0.294. The van der Waals surface area contributed by atoms with E-state index in [-0.39, 0.29) is 18.8 Å². The van der Waals surface area contributed by atoms with Crippen LogP contribution in [0.3, 0.4) is 0 Å². The van der Waals surface area contributed by atoms with Gasteiger partial charge in [0.2, 0.25) is 0 Å². The van der Waals surface area contributed by atoms with E-state index in [2.05, 4.69) is 5.32 Å². The van der Waals surface area contributed by atoms with E-state index in [1.165, 1.54) is 0 Å². The van der Waals surface area contributed by atoms with Gasteiger partial charge in [-0.25, -0.2) is 0 Å². The number of para-hydroxylation sites is 1. The van der Waals surface area contributed by atoms with Crippen LogP contribution in [0.25, 0.3) is 0 Å². The van der Waals surface area contributed by atoms with E-state index in [0.717, 1.165) is 16.9 Å². The molecule has 4 nitrogen and oxygen atoms in total. The Morgan fingerprint density at radius 1 is 1.18 bits per heavy atom. The normalized spacial score (nSPS) is 19.8. The molecule has 0 amide bonds. The Labute approximate surface area is 134 Å². The number of nitrogens with one attached hydrogen (secondary N) is 1. The predicted molar refractivity (Wildman–Crippen MR) is 85.5 cm³/mol. The van der Waals surface area contributed by atoms with Gasteiger partial charge in [-0.05, 0) is 31.3 Å². The Bertz CT molecular complexity index is 662. The Hall–Kier alpha value is -1.59. The highest BCUT2D eigenvalue weighted by molar-refractivity contribution is 6.30. The van der Waals surface area contributed by atoms with Crippen LogP contribution in [-0.2, 0) is 4.74 Å². The molecule has 0 radical (unpaired) electrons. The number of likely N-dealkylation sites (N-methyl/N-ethyl adjacent to an activating group) is 1. The number of hydrogen-bond acceptors (Lipinski definition) is 4. The van der Waals surface area contributed by atoms with Gasteiger partial charge in [0, 0.05) is 28.6 Å². The standard InChI is InChI=1S/C17H18ClNO3/c1-19-9-14-12-4-2-3-5-15(12)22-16-7-6-11(18)8-13(16)17(14)21-10-20/h2-8,14,17,19-20H,9-10H2,1H3/t14-,17-/m1/s1. The van der Waals surface area contributed by atoms with Crippen molar-refractivity contribution in [1.29, 1.82) is 0 Å². The minimum atomic E-state index is -0.362. The second-order valence-corrected chi connectivity index (χ2v) is 5.64. The lowest BCUT2D eigenvalue weighted by molar-refractivity contribution is -0.0618. The fourth-order valence-electron chi connectivity index (χ4n) is 2.94. The number of rotatable bonds is 4. The van der Waals surface area contributed by atoms with E-state index in [1.807, 2.05) is 43.4 Å². The van der Waals surface area contributed by atoms with Gasteiger partial charge in [-0.2, -0.15) is 0 Å². The molecule has 3 rings (SSSR count). The average Bonchev–Trinajstić information content (AvgIpc) is 2.64. The molecule has 2 aromatic carbocycles. The molecule has 2 atom stereocenters. The smallest absolute Gasteiger partial charge is 0.144 e. The van der Waals surface area contributed by atoms with Crippen LogP contribution < -0.4 is 10.1 Å². The molecule has 0 saturated heterocycles. The van der Waals surface area contributed by atoms with Gasteiger partial charge >= 0.3 is 0 Å². The quantitative estimate of drug-likeness (QED) is 0.847. The highest BCUT2D eigenvalue weighted by atomic mass is 35.5. The summed E-state index contributed by atoms with van der Waals surface area (Å²) in [5, 5.41) is 13.1. The number of aliphatic hydroxyl groups excluding tert-OH is 1. The van der Waals surface area contributed by atoms with Gasteiger partial charge < -0.3 is 19.9 Å². The number of fused-ring (bicyclic) bond motifs is 2. The molecule has 0 aromatic heterocycles. The predicted octanol–water partition coefficient (Wildman–Crippen LogP) is 3.46. The third-order valence-electron chi connectivity index (χ3n) is 3.86. The molecule has 2 N–H and O–H groups in total. The maximum absolute atomic E-state index is 9.32. The summed E-state index contributed by atoms with van der Waals surface area (Å²) < 4.78 is 11.7. The zero-order valence-electron chi connectivity index (χ0n) is 12.3. The third kappa shape index (κ3) is 2.83. The molecule has 0 spiro atoms. The number of aliphatic hydroxyl groups is 1. The molecule has 2 aromatic rings. The lowest BCUT2D eigenvalue weighted by Crippen LogP contribution is -2.24. The highest BCUT2D eigenvalue weighted by Crippen LogP contribution is 2.47. The summed E-state index contributed by atoms with van der Waals surface area (Å²) in [6.07, 6.45) is -0.338. The van der Waals surface area contributed by atoms with Gasteiger partial charge in [0.05, 0.1) is 6.10 Å². The van der Waals surface area contributed by atoms with Crippen molar-refractivity contribution in [1.82, 2.24) is 5.32 Å². The third-order valence-corrected chi connectivity index (χ3v) is 4.10. The van der Waals surface area contributed by atoms with Crippen molar-refractivity contribution in [2.24, 2.45) is 0 Å². The molecule has 0 unspecified atom stereocenters. The van der Waals surface area contributed by atoms with Gasteiger partial charge in [-0.1, -0.05) is 29.8 Å². The second kappa shape index (κ2) is 6.67. The largest absolute Gasteiger partial charge is 0.457 e. The van der Waals surface area contributed by atoms with Gasteiger partial charge in [-0.15, -0.1) is 0 Å². The Balaban J connectivity index is 2.17. The van der Waals surface area contributed by atoms with Gasteiger partial charge in [-0.3, -0.25) is 0 Å². The zero-order chi connectivity index (χ0) is 15.5. The average molecular weight is 320 g/mol. The van der Waals surface area contributed by atoms with Crippen LogP contribution in [-0.4, -0.2) is 25.5 Å². The first kappa shape index (κ1) is 15.3. The zero-order valence-corrected chi connectivity index (χ0v) is 13.0. The SMILES string of the molecule is CNC[C@@H]1c2ccccc2Oc2ccc(Cl)cc2[C@H]1OCO. The topological polar surface area (TPSA) is 50.7 Å². The Kier molecular flexibility index (Phi) is 4.64. The van der Waals surface area contributed by atoms with Crippen molar-refractivity contribution in [3.05, 3.63) is 58.6 Å². The number of hydrogen-bond donors (Lipinski definition) is 2. The summed E-state index contributed by atoms with van der Waals surface area (Å²) in [5.41, 5.74) is 1.89. The van der Waals surface area contributed by atoms with Crippen LogP contribution in [0.15, 0.2) is 42.5 Å². The molecular weight excluding hydrogens is 302 g/mol. The van der Waals surface area contributed by atoms with Crippen LogP contribution in [0.1, 0.15) is 23.1 Å². The van der Waals surface area contributed by atoms with Crippen molar-refractivity contribution in [3.63, 3.8) is 0 Å². The molecule has 0 aliphatic carbocycles. The molecule has 116 valence electrons. The minimum absolute atomic E-state index is 0.00747. The molecule has 1 heterocycles. The minimum Gasteiger partial charge on any atom is -0.457 e. The maximum Gasteiger partial charge on any atom is 0.144 e. The van der Waals surface area contributed by atoms with Crippen molar-refractivity contribution < 1.29 is 14.6 Å². The summed E-state index contributed by atoms with van der Waals surface area (Å²) in [5.74, 6) is 1.51. The monoisotopic (exact) mass is 319 g/mol. The van der Waals surface area contributed by atoms with E-state index < -0.39 is 0 Å². The maximum atomic E-state index is 9.32. The van der Waals surface area contributed by atoms with Crippen LogP contribution in [0.4, 0.5) is 0 Å². The van der Waals surface area contributed by atoms with Crippen molar-refractivity contribution in [3.8, 4) is 11.5 Å². The van der Waals surface area contributed by atoms with Crippen molar-refractivity contribution in [2.75, 3.05) is 20.4 Å². The number of halogens is 1. The van der Waals surface area contributed by atoms with Gasteiger partial charge in [0.25, 0.3) is 0 Å². The van der Waals surface area contributed by atoms with E-state index in [0.29, 0.717) is 17.3 Å². The Morgan fingerprint density at radius 2 is 1.95 bits per heavy atom. The number of benzene rings is 2. The summed E-state index contributed by atoms with van der Waals surface area (Å²) in [4.78, 5) is 0. The van der Waals surface area contributed by atoms with Crippen molar-refractivity contribution in [2.45, 2.75) is 12.0 Å². The first-order valence-corrected chi connectivity index (χ1v) is 7.55. The molecule has 1 aliphatic heterocycles. The molecular formula is C17H18ClNO3. The van der Waals surface area contributed by atoms with E-state index >= 15 is 0 Å². The molecule has 0 saturated carbocycles. The fourth-order valence-corrected chi connectivity index (χ4v) is 3.12. The van der Waals surface area contributed by atoms with E-state index in [9.17, 15) is 5.11 Å². The molecule has 0 fully saturated rings. The molecule has 0 bridgehead atoms. The van der Waals surface area contributed by atoms with Crippen LogP contribution in [0, 0.1) is 0 Å². The first-order chi connectivity index (χ1) is 10.7. The second-order valence-electron chi connectivity index (χ2n) is 5.20. The molecule has 22 heavy (non-hydrogen) atoms. The van der Waals surface area contributed by atoms with Crippen LogP contribution in [0.2, 0.25) is 5.02 Å². The van der Waals surface area contributed by atoms with Gasteiger partial charge in [0.15, 0.2) is 0 Å².